The summed E-state index contributed by atoms with van der Waals surface area (Å²) in [5.74, 6) is -3.39. The molecule has 1 unspecified atom stereocenters. The van der Waals surface area contributed by atoms with Gasteiger partial charge >= 0.3 is 12.1 Å². The van der Waals surface area contributed by atoms with Crippen LogP contribution >= 0.6 is 0 Å². The predicted molar refractivity (Wildman–Crippen MR) is 120 cm³/mol. The van der Waals surface area contributed by atoms with E-state index in [4.69, 9.17) is 18.9 Å². The standard InChI is InChI=1S/C24H35F2NO7/c1-3-32-21(22(28)29)16-18-8-10-19(11-9-18)33-15-13-27(12-14-31-17-24(2,25)26)23(30)34-20-6-4-5-7-20/h8-11,20-21H,3-7,12-17H2,1-2H3,(H,28,29). The number of carboxylic acids is 1. The Morgan fingerprint density at radius 1 is 1.15 bits per heavy atom. The van der Waals surface area contributed by atoms with Crippen molar-refractivity contribution in [2.75, 3.05) is 39.5 Å². The van der Waals surface area contributed by atoms with Gasteiger partial charge in [0, 0.05) is 26.5 Å². The maximum Gasteiger partial charge on any atom is 0.410 e. The minimum absolute atomic E-state index is 0.0392. The first-order valence-electron chi connectivity index (χ1n) is 11.6. The van der Waals surface area contributed by atoms with Gasteiger partial charge in [-0.05, 0) is 50.3 Å². The number of aliphatic carboxylic acids is 1. The van der Waals surface area contributed by atoms with E-state index in [2.05, 4.69) is 0 Å². The van der Waals surface area contributed by atoms with Gasteiger partial charge in [-0.15, -0.1) is 0 Å². The number of rotatable bonds is 15. The van der Waals surface area contributed by atoms with Gasteiger partial charge in [-0.25, -0.2) is 18.4 Å². The van der Waals surface area contributed by atoms with Crippen LogP contribution in [0.1, 0.15) is 45.1 Å². The normalized spacial score (nSPS) is 15.2. The smallest absolute Gasteiger partial charge is 0.410 e. The van der Waals surface area contributed by atoms with E-state index < -0.39 is 30.7 Å². The Bertz CT molecular complexity index is 749. The quantitative estimate of drug-likeness (QED) is 0.372. The van der Waals surface area contributed by atoms with Crippen LogP contribution in [0.4, 0.5) is 13.6 Å². The van der Waals surface area contributed by atoms with Crippen molar-refractivity contribution in [1.82, 2.24) is 4.90 Å². The monoisotopic (exact) mass is 487 g/mol. The van der Waals surface area contributed by atoms with E-state index in [-0.39, 0.29) is 38.8 Å². The molecule has 1 amide bonds. The Hall–Kier alpha value is -2.46. The zero-order chi connectivity index (χ0) is 25.0. The zero-order valence-electron chi connectivity index (χ0n) is 19.8. The Morgan fingerprint density at radius 3 is 2.38 bits per heavy atom. The van der Waals surface area contributed by atoms with Gasteiger partial charge in [0.1, 0.15) is 25.1 Å². The van der Waals surface area contributed by atoms with Gasteiger partial charge in [-0.2, -0.15) is 0 Å². The highest BCUT2D eigenvalue weighted by atomic mass is 19.3. The van der Waals surface area contributed by atoms with Gasteiger partial charge in [-0.1, -0.05) is 12.1 Å². The molecule has 1 atom stereocenters. The highest BCUT2D eigenvalue weighted by Crippen LogP contribution is 2.22. The molecule has 1 saturated carbocycles. The number of carbonyl (C=O) groups is 2. The van der Waals surface area contributed by atoms with Crippen molar-refractivity contribution < 1.29 is 42.4 Å². The first kappa shape index (κ1) is 27.8. The number of carboxylic acid groups (broad SMARTS) is 1. The maximum atomic E-state index is 13.0. The van der Waals surface area contributed by atoms with Crippen LogP contribution in [0, 0.1) is 0 Å². The fourth-order valence-electron chi connectivity index (χ4n) is 3.57. The number of halogens is 2. The minimum atomic E-state index is -2.93. The first-order valence-corrected chi connectivity index (χ1v) is 11.6. The lowest BCUT2D eigenvalue weighted by atomic mass is 10.1. The number of alkyl halides is 2. The van der Waals surface area contributed by atoms with Crippen LogP contribution in [-0.4, -0.2) is 79.7 Å². The van der Waals surface area contributed by atoms with Crippen LogP contribution in [0.3, 0.4) is 0 Å². The van der Waals surface area contributed by atoms with Crippen molar-refractivity contribution in [2.24, 2.45) is 0 Å². The molecule has 1 aromatic carbocycles. The number of carbonyl (C=O) groups excluding carboxylic acids is 1. The minimum Gasteiger partial charge on any atom is -0.492 e. The summed E-state index contributed by atoms with van der Waals surface area (Å²) in [6.07, 6.45) is 2.39. The number of ether oxygens (including phenoxy) is 4. The Labute approximate surface area is 199 Å². The third-order valence-corrected chi connectivity index (χ3v) is 5.31. The third kappa shape index (κ3) is 10.6. The molecule has 1 aliphatic rings. The lowest BCUT2D eigenvalue weighted by Crippen LogP contribution is -2.39. The highest BCUT2D eigenvalue weighted by Gasteiger charge is 2.24. The molecule has 1 aromatic rings. The number of hydrogen-bond donors (Lipinski definition) is 1. The van der Waals surface area contributed by atoms with E-state index in [1.54, 1.807) is 31.2 Å². The second kappa shape index (κ2) is 14.1. The molecule has 8 nitrogen and oxygen atoms in total. The molecule has 0 radical (unpaired) electrons. The molecule has 2 rings (SSSR count). The number of hydrogen-bond acceptors (Lipinski definition) is 6. The van der Waals surface area contributed by atoms with E-state index in [1.807, 2.05) is 0 Å². The summed E-state index contributed by atoms with van der Waals surface area (Å²) in [5, 5.41) is 9.20. The second-order valence-electron chi connectivity index (χ2n) is 8.38. The molecular weight excluding hydrogens is 452 g/mol. The molecule has 34 heavy (non-hydrogen) atoms. The molecule has 0 saturated heterocycles. The number of amides is 1. The van der Waals surface area contributed by atoms with Crippen molar-refractivity contribution in [1.29, 1.82) is 0 Å². The second-order valence-corrected chi connectivity index (χ2v) is 8.38. The summed E-state index contributed by atoms with van der Waals surface area (Å²) in [4.78, 5) is 25.2. The average Bonchev–Trinajstić information content (AvgIpc) is 3.28. The zero-order valence-corrected chi connectivity index (χ0v) is 19.8. The van der Waals surface area contributed by atoms with Crippen molar-refractivity contribution in [2.45, 2.75) is 64.1 Å². The fraction of sp³-hybridized carbons (Fsp3) is 0.667. The van der Waals surface area contributed by atoms with E-state index in [0.29, 0.717) is 12.4 Å². The predicted octanol–water partition coefficient (Wildman–Crippen LogP) is 4.15. The third-order valence-electron chi connectivity index (χ3n) is 5.31. The molecule has 0 spiro atoms. The Morgan fingerprint density at radius 2 is 1.79 bits per heavy atom. The molecule has 0 heterocycles. The SMILES string of the molecule is CCOC(Cc1ccc(OCCN(CCOCC(C)(F)F)C(=O)OC2CCCC2)cc1)C(=O)O. The average molecular weight is 488 g/mol. The summed E-state index contributed by atoms with van der Waals surface area (Å²) < 4.78 is 47.4. The number of nitrogens with zero attached hydrogens (tertiary/aromatic N) is 1. The first-order chi connectivity index (χ1) is 16.2. The molecular formula is C24H35F2NO7. The van der Waals surface area contributed by atoms with Crippen molar-refractivity contribution in [3.05, 3.63) is 29.8 Å². The van der Waals surface area contributed by atoms with E-state index >= 15 is 0 Å². The largest absolute Gasteiger partial charge is 0.492 e. The van der Waals surface area contributed by atoms with Crippen molar-refractivity contribution >= 4 is 12.1 Å². The Balaban J connectivity index is 1.84. The van der Waals surface area contributed by atoms with E-state index in [1.165, 1.54) is 4.90 Å². The lowest BCUT2D eigenvalue weighted by molar-refractivity contribution is -0.149. The highest BCUT2D eigenvalue weighted by molar-refractivity contribution is 5.72. The summed E-state index contributed by atoms with van der Waals surface area (Å²) in [7, 11) is 0. The summed E-state index contributed by atoms with van der Waals surface area (Å²) in [5.41, 5.74) is 0.792. The van der Waals surface area contributed by atoms with E-state index in [0.717, 1.165) is 38.2 Å². The number of benzene rings is 1. The van der Waals surface area contributed by atoms with Crippen LogP contribution in [0.2, 0.25) is 0 Å². The van der Waals surface area contributed by atoms with Gasteiger partial charge in [0.25, 0.3) is 5.92 Å². The van der Waals surface area contributed by atoms with Gasteiger partial charge < -0.3 is 29.0 Å². The molecule has 1 N–H and O–H groups in total. The van der Waals surface area contributed by atoms with Crippen LogP contribution in [0.25, 0.3) is 0 Å². The van der Waals surface area contributed by atoms with Gasteiger partial charge in [0.15, 0.2) is 6.10 Å². The fourth-order valence-corrected chi connectivity index (χ4v) is 3.57. The van der Waals surface area contributed by atoms with Gasteiger partial charge in [0.2, 0.25) is 0 Å². The lowest BCUT2D eigenvalue weighted by Gasteiger charge is -2.24. The van der Waals surface area contributed by atoms with Crippen molar-refractivity contribution in [3.8, 4) is 5.75 Å². The molecule has 10 heteroatoms. The van der Waals surface area contributed by atoms with Crippen molar-refractivity contribution in [3.63, 3.8) is 0 Å². The van der Waals surface area contributed by atoms with Crippen LogP contribution in [0.15, 0.2) is 24.3 Å². The summed E-state index contributed by atoms with van der Waals surface area (Å²) in [6.45, 7) is 2.55. The molecule has 0 aliphatic heterocycles. The molecule has 1 fully saturated rings. The molecule has 0 bridgehead atoms. The van der Waals surface area contributed by atoms with Gasteiger partial charge in [-0.3, -0.25) is 0 Å². The van der Waals surface area contributed by atoms with Crippen LogP contribution in [-0.2, 0) is 25.4 Å². The molecule has 192 valence electrons. The van der Waals surface area contributed by atoms with Crippen LogP contribution < -0.4 is 4.74 Å². The topological polar surface area (TPSA) is 94.5 Å². The van der Waals surface area contributed by atoms with E-state index in [9.17, 15) is 23.5 Å². The summed E-state index contributed by atoms with van der Waals surface area (Å²) >= 11 is 0. The molecule has 0 aromatic heterocycles. The van der Waals surface area contributed by atoms with Gasteiger partial charge in [0.05, 0.1) is 13.2 Å². The van der Waals surface area contributed by atoms with Crippen LogP contribution in [0.5, 0.6) is 5.75 Å². The maximum absolute atomic E-state index is 13.0. The summed E-state index contributed by atoms with van der Waals surface area (Å²) in [6, 6.07) is 6.95. The molecule has 1 aliphatic carbocycles. The Kier molecular flexibility index (Phi) is 11.5.